The Kier molecular flexibility index (Phi) is 5.41. The van der Waals surface area contributed by atoms with Crippen molar-refractivity contribution in [1.82, 2.24) is 10.2 Å². The number of carbonyl (C=O) groups is 1. The minimum atomic E-state index is -0.139. The van der Waals surface area contributed by atoms with Gasteiger partial charge in [0.1, 0.15) is 11.4 Å². The summed E-state index contributed by atoms with van der Waals surface area (Å²) in [6, 6.07) is 8.58. The van der Waals surface area contributed by atoms with Crippen molar-refractivity contribution in [2.75, 3.05) is 27.3 Å². The van der Waals surface area contributed by atoms with Crippen LogP contribution in [0.4, 0.5) is 0 Å². The van der Waals surface area contributed by atoms with Crippen molar-refractivity contribution in [2.45, 2.75) is 50.3 Å². The lowest BCUT2D eigenvalue weighted by atomic mass is 9.81. The van der Waals surface area contributed by atoms with Crippen molar-refractivity contribution in [3.63, 3.8) is 0 Å². The molecule has 24 heavy (non-hydrogen) atoms. The van der Waals surface area contributed by atoms with E-state index in [2.05, 4.69) is 23.5 Å². The van der Waals surface area contributed by atoms with Gasteiger partial charge in [-0.2, -0.15) is 0 Å². The summed E-state index contributed by atoms with van der Waals surface area (Å²) in [5.41, 5.74) is 1.09. The Morgan fingerprint density at radius 2 is 2.12 bits per heavy atom. The maximum absolute atomic E-state index is 12.2. The molecule has 3 rings (SSSR count). The molecular formula is C19H28N2O3. The first-order valence-corrected chi connectivity index (χ1v) is 8.86. The first kappa shape index (κ1) is 17.2. The molecule has 1 heterocycles. The van der Waals surface area contributed by atoms with Gasteiger partial charge in [0.2, 0.25) is 5.91 Å². The second kappa shape index (κ2) is 7.53. The van der Waals surface area contributed by atoms with Gasteiger partial charge in [-0.05, 0) is 31.7 Å². The fraction of sp³-hybridized carbons (Fsp3) is 0.632. The lowest BCUT2D eigenvalue weighted by Gasteiger charge is -2.42. The van der Waals surface area contributed by atoms with Gasteiger partial charge in [-0.15, -0.1) is 0 Å². The number of rotatable bonds is 4. The van der Waals surface area contributed by atoms with E-state index in [9.17, 15) is 4.79 Å². The molecule has 0 bridgehead atoms. The third-order valence-electron chi connectivity index (χ3n) is 5.39. The Hall–Kier alpha value is -1.59. The molecule has 1 fully saturated rings. The molecule has 1 aliphatic carbocycles. The maximum atomic E-state index is 12.2. The minimum absolute atomic E-state index is 0.139. The topological polar surface area (TPSA) is 50.8 Å². The Bertz CT molecular complexity index is 567. The van der Waals surface area contributed by atoms with Gasteiger partial charge in [-0.1, -0.05) is 18.2 Å². The van der Waals surface area contributed by atoms with E-state index in [0.29, 0.717) is 19.1 Å². The van der Waals surface area contributed by atoms with Crippen LogP contribution in [0.2, 0.25) is 0 Å². The number of hydrogen-bond acceptors (Lipinski definition) is 4. The summed E-state index contributed by atoms with van der Waals surface area (Å²) < 4.78 is 11.5. The largest absolute Gasteiger partial charge is 0.486 e. The van der Waals surface area contributed by atoms with Crippen LogP contribution >= 0.6 is 0 Å². The van der Waals surface area contributed by atoms with Crippen molar-refractivity contribution < 1.29 is 14.3 Å². The second-order valence-electron chi connectivity index (χ2n) is 6.97. The van der Waals surface area contributed by atoms with E-state index >= 15 is 0 Å². The van der Waals surface area contributed by atoms with Gasteiger partial charge in [-0.3, -0.25) is 4.79 Å². The molecule has 0 radical (unpaired) electrons. The normalized spacial score (nSPS) is 26.3. The molecule has 1 aliphatic heterocycles. The number of fused-ring (bicyclic) bond motifs is 1. The van der Waals surface area contributed by atoms with Gasteiger partial charge >= 0.3 is 0 Å². The molecule has 0 saturated heterocycles. The Morgan fingerprint density at radius 1 is 1.38 bits per heavy atom. The van der Waals surface area contributed by atoms with E-state index in [0.717, 1.165) is 44.5 Å². The van der Waals surface area contributed by atoms with Crippen LogP contribution in [-0.4, -0.2) is 49.8 Å². The first-order valence-electron chi connectivity index (χ1n) is 8.86. The standard InChI is InChI=1S/C19H28N2O3/c1-21(18(22)9-12-23-2)16-7-10-19(11-8-16)14-20-13-15-5-3-4-6-17(15)24-19/h3-6,16,20H,7-14H2,1-2H3. The van der Waals surface area contributed by atoms with Crippen molar-refractivity contribution in [3.05, 3.63) is 29.8 Å². The zero-order valence-electron chi connectivity index (χ0n) is 14.7. The number of carbonyl (C=O) groups excluding carboxylic acids is 1. The molecule has 0 atom stereocenters. The summed E-state index contributed by atoms with van der Waals surface area (Å²) in [5, 5.41) is 3.54. The van der Waals surface area contributed by atoms with E-state index in [1.54, 1.807) is 7.11 Å². The molecule has 1 saturated carbocycles. The zero-order chi connectivity index (χ0) is 17.0. The number of nitrogens with zero attached hydrogens (tertiary/aromatic N) is 1. The average molecular weight is 332 g/mol. The Balaban J connectivity index is 1.61. The number of nitrogens with one attached hydrogen (secondary N) is 1. The predicted octanol–water partition coefficient (Wildman–Crippen LogP) is 2.34. The van der Waals surface area contributed by atoms with Crippen LogP contribution < -0.4 is 10.1 Å². The van der Waals surface area contributed by atoms with Crippen molar-refractivity contribution in [3.8, 4) is 5.75 Å². The number of para-hydroxylation sites is 1. The maximum Gasteiger partial charge on any atom is 0.224 e. The molecule has 1 amide bonds. The van der Waals surface area contributed by atoms with Gasteiger partial charge in [-0.25, -0.2) is 0 Å². The van der Waals surface area contributed by atoms with Crippen LogP contribution in [0, 0.1) is 0 Å². The van der Waals surface area contributed by atoms with E-state index in [1.807, 2.05) is 18.0 Å². The SMILES string of the molecule is COCCC(=O)N(C)C1CCC2(CC1)CNCc1ccccc1O2. The predicted molar refractivity (Wildman–Crippen MR) is 93.0 cm³/mol. The summed E-state index contributed by atoms with van der Waals surface area (Å²) in [5.74, 6) is 1.17. The summed E-state index contributed by atoms with van der Waals surface area (Å²) in [6.07, 6.45) is 4.38. The fourth-order valence-electron chi connectivity index (χ4n) is 3.81. The van der Waals surface area contributed by atoms with Crippen molar-refractivity contribution in [2.24, 2.45) is 0 Å². The molecule has 5 nitrogen and oxygen atoms in total. The average Bonchev–Trinajstić information content (AvgIpc) is 2.78. The lowest BCUT2D eigenvalue weighted by molar-refractivity contribution is -0.134. The summed E-state index contributed by atoms with van der Waals surface area (Å²) >= 11 is 0. The summed E-state index contributed by atoms with van der Waals surface area (Å²) in [6.45, 7) is 2.22. The highest BCUT2D eigenvalue weighted by molar-refractivity contribution is 5.76. The number of ether oxygens (including phenoxy) is 2. The van der Waals surface area contributed by atoms with Crippen LogP contribution in [0.15, 0.2) is 24.3 Å². The molecular weight excluding hydrogens is 304 g/mol. The molecule has 1 aromatic rings. The van der Waals surface area contributed by atoms with Crippen LogP contribution in [0.25, 0.3) is 0 Å². The molecule has 5 heteroatoms. The van der Waals surface area contributed by atoms with E-state index in [4.69, 9.17) is 9.47 Å². The van der Waals surface area contributed by atoms with Gasteiger partial charge in [0.25, 0.3) is 0 Å². The van der Waals surface area contributed by atoms with Gasteiger partial charge in [0.15, 0.2) is 0 Å². The van der Waals surface area contributed by atoms with Crippen LogP contribution in [0.3, 0.4) is 0 Å². The molecule has 132 valence electrons. The van der Waals surface area contributed by atoms with Crippen LogP contribution in [-0.2, 0) is 16.1 Å². The highest BCUT2D eigenvalue weighted by Crippen LogP contribution is 2.37. The molecule has 1 spiro atoms. The molecule has 2 aliphatic rings. The zero-order valence-corrected chi connectivity index (χ0v) is 14.7. The monoisotopic (exact) mass is 332 g/mol. The summed E-state index contributed by atoms with van der Waals surface area (Å²) in [4.78, 5) is 14.1. The highest BCUT2D eigenvalue weighted by Gasteiger charge is 2.40. The van der Waals surface area contributed by atoms with Gasteiger partial charge in [0.05, 0.1) is 13.0 Å². The Morgan fingerprint density at radius 3 is 2.88 bits per heavy atom. The highest BCUT2D eigenvalue weighted by atomic mass is 16.5. The number of hydrogen-bond donors (Lipinski definition) is 1. The smallest absolute Gasteiger partial charge is 0.224 e. The quantitative estimate of drug-likeness (QED) is 0.919. The first-order chi connectivity index (χ1) is 11.6. The Labute approximate surface area is 144 Å². The van der Waals surface area contributed by atoms with E-state index in [1.165, 1.54) is 5.56 Å². The fourth-order valence-corrected chi connectivity index (χ4v) is 3.81. The third kappa shape index (κ3) is 3.73. The second-order valence-corrected chi connectivity index (χ2v) is 6.97. The van der Waals surface area contributed by atoms with E-state index < -0.39 is 0 Å². The number of benzene rings is 1. The summed E-state index contributed by atoms with van der Waals surface area (Å²) in [7, 11) is 3.55. The number of methoxy groups -OCH3 is 1. The molecule has 0 aromatic heterocycles. The van der Waals surface area contributed by atoms with Crippen molar-refractivity contribution in [1.29, 1.82) is 0 Å². The number of amides is 1. The lowest BCUT2D eigenvalue weighted by Crippen LogP contribution is -2.51. The molecule has 0 unspecified atom stereocenters. The minimum Gasteiger partial charge on any atom is -0.486 e. The third-order valence-corrected chi connectivity index (χ3v) is 5.39. The van der Waals surface area contributed by atoms with Crippen molar-refractivity contribution >= 4 is 5.91 Å². The van der Waals surface area contributed by atoms with Crippen LogP contribution in [0.1, 0.15) is 37.7 Å². The van der Waals surface area contributed by atoms with E-state index in [-0.39, 0.29) is 11.5 Å². The molecule has 1 N–H and O–H groups in total. The molecule has 1 aromatic carbocycles. The van der Waals surface area contributed by atoms with Crippen LogP contribution in [0.5, 0.6) is 5.75 Å². The van der Waals surface area contributed by atoms with Gasteiger partial charge < -0.3 is 19.7 Å². The van der Waals surface area contributed by atoms with Gasteiger partial charge in [0, 0.05) is 38.9 Å².